The molecule has 0 heterocycles. The number of thioether (sulfide) groups is 1. The Bertz CT molecular complexity index is 517. The van der Waals surface area contributed by atoms with Gasteiger partial charge in [0.25, 0.3) is 0 Å². The van der Waals surface area contributed by atoms with E-state index in [1.807, 2.05) is 6.26 Å². The standard InChI is InChI=1S/C13H20N2O2S2/c1-18-13(7-2-8-13)10-15-19(16,17)9-11-3-5-12(14)6-4-11/h3-6,15H,2,7-10,14H2,1H3. The van der Waals surface area contributed by atoms with Crippen molar-refractivity contribution in [1.29, 1.82) is 0 Å². The van der Waals surface area contributed by atoms with Gasteiger partial charge in [0.05, 0.1) is 5.75 Å². The normalized spacial score (nSPS) is 17.9. The first-order chi connectivity index (χ1) is 8.95. The first kappa shape index (κ1) is 14.7. The number of hydrogen-bond acceptors (Lipinski definition) is 4. The van der Waals surface area contributed by atoms with Crippen molar-refractivity contribution >= 4 is 27.5 Å². The molecule has 0 aliphatic heterocycles. The molecule has 3 N–H and O–H groups in total. The van der Waals surface area contributed by atoms with Crippen LogP contribution >= 0.6 is 11.8 Å². The van der Waals surface area contributed by atoms with Gasteiger partial charge in [-0.05, 0) is 36.8 Å². The Labute approximate surface area is 119 Å². The van der Waals surface area contributed by atoms with Gasteiger partial charge in [0.2, 0.25) is 10.0 Å². The van der Waals surface area contributed by atoms with Crippen LogP contribution in [0.4, 0.5) is 5.69 Å². The highest BCUT2D eigenvalue weighted by Gasteiger charge is 2.36. The molecule has 1 aliphatic carbocycles. The summed E-state index contributed by atoms with van der Waals surface area (Å²) in [6.45, 7) is 0.533. The number of nitrogens with two attached hydrogens (primary N) is 1. The predicted molar refractivity (Wildman–Crippen MR) is 81.6 cm³/mol. The first-order valence-corrected chi connectivity index (χ1v) is 9.19. The molecule has 0 unspecified atom stereocenters. The Hall–Kier alpha value is -0.720. The van der Waals surface area contributed by atoms with Gasteiger partial charge in [-0.2, -0.15) is 11.8 Å². The smallest absolute Gasteiger partial charge is 0.215 e. The van der Waals surface area contributed by atoms with E-state index in [-0.39, 0.29) is 10.5 Å². The molecule has 4 nitrogen and oxygen atoms in total. The molecule has 1 aromatic rings. The van der Waals surface area contributed by atoms with Crippen molar-refractivity contribution in [2.45, 2.75) is 29.8 Å². The quantitative estimate of drug-likeness (QED) is 0.788. The van der Waals surface area contributed by atoms with Gasteiger partial charge in [0.15, 0.2) is 0 Å². The van der Waals surface area contributed by atoms with Gasteiger partial charge < -0.3 is 5.73 Å². The average molecular weight is 300 g/mol. The third-order valence-corrected chi connectivity index (χ3v) is 6.36. The summed E-state index contributed by atoms with van der Waals surface area (Å²) in [4.78, 5) is 0. The Balaban J connectivity index is 1.93. The van der Waals surface area contributed by atoms with Crippen LogP contribution in [0, 0.1) is 0 Å². The lowest BCUT2D eigenvalue weighted by molar-refractivity contribution is 0.362. The molecule has 0 saturated heterocycles. The van der Waals surface area contributed by atoms with Crippen molar-refractivity contribution in [3.05, 3.63) is 29.8 Å². The van der Waals surface area contributed by atoms with Gasteiger partial charge >= 0.3 is 0 Å². The molecule has 0 bridgehead atoms. The van der Waals surface area contributed by atoms with E-state index in [4.69, 9.17) is 5.73 Å². The third-order valence-electron chi connectivity index (χ3n) is 3.65. The van der Waals surface area contributed by atoms with E-state index in [0.29, 0.717) is 12.2 Å². The molecule has 0 radical (unpaired) electrons. The number of hydrogen-bond donors (Lipinski definition) is 2. The zero-order chi connectivity index (χ0) is 13.9. The van der Waals surface area contributed by atoms with Crippen molar-refractivity contribution in [3.63, 3.8) is 0 Å². The average Bonchev–Trinajstić information content (AvgIpc) is 2.31. The molecule has 0 atom stereocenters. The van der Waals surface area contributed by atoms with Crippen LogP contribution < -0.4 is 10.5 Å². The summed E-state index contributed by atoms with van der Waals surface area (Å²) in [7, 11) is -3.27. The minimum atomic E-state index is -3.27. The lowest BCUT2D eigenvalue weighted by atomic mass is 9.84. The Morgan fingerprint density at radius 3 is 2.42 bits per heavy atom. The molecule has 1 fully saturated rings. The number of nitrogens with one attached hydrogen (secondary N) is 1. The summed E-state index contributed by atoms with van der Waals surface area (Å²) in [5.74, 6) is 0.0116. The minimum absolute atomic E-state index is 0.0116. The number of rotatable bonds is 6. The second-order valence-electron chi connectivity index (χ2n) is 5.06. The molecule has 0 amide bonds. The van der Waals surface area contributed by atoms with Crippen LogP contribution in [0.2, 0.25) is 0 Å². The molecule has 1 saturated carbocycles. The van der Waals surface area contributed by atoms with E-state index in [2.05, 4.69) is 4.72 Å². The summed E-state index contributed by atoms with van der Waals surface area (Å²) in [6, 6.07) is 6.95. The van der Waals surface area contributed by atoms with E-state index in [9.17, 15) is 8.42 Å². The zero-order valence-electron chi connectivity index (χ0n) is 11.1. The number of anilines is 1. The third kappa shape index (κ3) is 3.87. The molecule has 1 aromatic carbocycles. The molecule has 0 aromatic heterocycles. The van der Waals surface area contributed by atoms with Crippen molar-refractivity contribution in [2.75, 3.05) is 18.5 Å². The molecule has 6 heteroatoms. The highest BCUT2D eigenvalue weighted by atomic mass is 32.2. The molecular weight excluding hydrogens is 280 g/mol. The Kier molecular flexibility index (Phi) is 4.43. The van der Waals surface area contributed by atoms with Gasteiger partial charge in [0.1, 0.15) is 0 Å². The first-order valence-electron chi connectivity index (χ1n) is 6.32. The second kappa shape index (κ2) is 5.73. The van der Waals surface area contributed by atoms with Crippen LogP contribution in [0.3, 0.4) is 0 Å². The van der Waals surface area contributed by atoms with Gasteiger partial charge in [0, 0.05) is 17.0 Å². The molecule has 19 heavy (non-hydrogen) atoms. The molecule has 1 aliphatic rings. The summed E-state index contributed by atoms with van der Waals surface area (Å²) in [5.41, 5.74) is 6.98. The van der Waals surface area contributed by atoms with Crippen LogP contribution in [0.1, 0.15) is 24.8 Å². The summed E-state index contributed by atoms with van der Waals surface area (Å²) in [5, 5.41) is 0. The fourth-order valence-electron chi connectivity index (χ4n) is 2.15. The fraction of sp³-hybridized carbons (Fsp3) is 0.538. The SMILES string of the molecule is CSC1(CNS(=O)(=O)Cc2ccc(N)cc2)CCC1. The predicted octanol–water partition coefficient (Wildman–Crippen LogP) is 1.97. The maximum atomic E-state index is 12.0. The van der Waals surface area contributed by atoms with E-state index in [1.54, 1.807) is 36.0 Å². The van der Waals surface area contributed by atoms with Crippen LogP contribution in [0.25, 0.3) is 0 Å². The molecule has 106 valence electrons. The van der Waals surface area contributed by atoms with Crippen LogP contribution in [0.5, 0.6) is 0 Å². The van der Waals surface area contributed by atoms with Gasteiger partial charge in [-0.25, -0.2) is 13.1 Å². The van der Waals surface area contributed by atoms with Gasteiger partial charge in [-0.15, -0.1) is 0 Å². The second-order valence-corrected chi connectivity index (χ2v) is 8.14. The van der Waals surface area contributed by atoms with Crippen LogP contribution in [-0.4, -0.2) is 26.0 Å². The number of sulfonamides is 1. The van der Waals surface area contributed by atoms with Gasteiger partial charge in [-0.1, -0.05) is 18.6 Å². The highest BCUT2D eigenvalue weighted by molar-refractivity contribution is 8.00. The Morgan fingerprint density at radius 2 is 1.95 bits per heavy atom. The molecular formula is C13H20N2O2S2. The summed E-state index contributed by atoms with van der Waals surface area (Å²) >= 11 is 1.76. The zero-order valence-corrected chi connectivity index (χ0v) is 12.7. The van der Waals surface area contributed by atoms with Crippen LogP contribution in [0.15, 0.2) is 24.3 Å². The fourth-order valence-corrected chi connectivity index (χ4v) is 4.38. The Morgan fingerprint density at radius 1 is 1.32 bits per heavy atom. The van der Waals surface area contributed by atoms with Crippen molar-refractivity contribution in [2.24, 2.45) is 0 Å². The van der Waals surface area contributed by atoms with Crippen molar-refractivity contribution in [1.82, 2.24) is 4.72 Å². The maximum absolute atomic E-state index is 12.0. The van der Waals surface area contributed by atoms with Crippen molar-refractivity contribution < 1.29 is 8.42 Å². The topological polar surface area (TPSA) is 72.2 Å². The maximum Gasteiger partial charge on any atom is 0.215 e. The molecule has 0 spiro atoms. The van der Waals surface area contributed by atoms with E-state index >= 15 is 0 Å². The van der Waals surface area contributed by atoms with E-state index < -0.39 is 10.0 Å². The lowest BCUT2D eigenvalue weighted by Crippen LogP contribution is -2.45. The summed E-state index contributed by atoms with van der Waals surface area (Å²) < 4.78 is 26.9. The number of benzene rings is 1. The number of nitrogen functional groups attached to an aromatic ring is 1. The largest absolute Gasteiger partial charge is 0.399 e. The van der Waals surface area contributed by atoms with Gasteiger partial charge in [-0.3, -0.25) is 0 Å². The lowest BCUT2D eigenvalue weighted by Gasteiger charge is -2.40. The van der Waals surface area contributed by atoms with E-state index in [1.165, 1.54) is 6.42 Å². The minimum Gasteiger partial charge on any atom is -0.399 e. The monoisotopic (exact) mass is 300 g/mol. The molecule has 2 rings (SSSR count). The highest BCUT2D eigenvalue weighted by Crippen LogP contribution is 2.42. The van der Waals surface area contributed by atoms with E-state index in [0.717, 1.165) is 18.4 Å². The van der Waals surface area contributed by atoms with Crippen molar-refractivity contribution in [3.8, 4) is 0 Å². The summed E-state index contributed by atoms with van der Waals surface area (Å²) in [6.07, 6.45) is 5.44. The van der Waals surface area contributed by atoms with Crippen LogP contribution in [-0.2, 0) is 15.8 Å².